The van der Waals surface area contributed by atoms with E-state index in [1.165, 1.54) is 24.3 Å². The summed E-state index contributed by atoms with van der Waals surface area (Å²) in [6.07, 6.45) is 0. The molecule has 3 aromatic rings. The lowest BCUT2D eigenvalue weighted by atomic mass is 10.1. The van der Waals surface area contributed by atoms with Crippen LogP contribution in [0.15, 0.2) is 51.8 Å². The molecule has 2 aromatic carbocycles. The Morgan fingerprint density at radius 3 is 2.39 bits per heavy atom. The lowest BCUT2D eigenvalue weighted by molar-refractivity contribution is 0.0998. The topological polar surface area (TPSA) is 97.6 Å². The number of hydrogen-bond acceptors (Lipinski definition) is 5. The number of sulfonamides is 1. The SMILES string of the molecule is COc1ccc2oc(C(=O)Nc3ccc(S(=O)(=O)NC(C)C)cc3)c(C)c2c1. The Morgan fingerprint density at radius 1 is 1.11 bits per heavy atom. The predicted octanol–water partition coefficient (Wildman–Crippen LogP) is 3.69. The van der Waals surface area contributed by atoms with E-state index < -0.39 is 15.9 Å². The van der Waals surface area contributed by atoms with Crippen LogP contribution in [0, 0.1) is 6.92 Å². The summed E-state index contributed by atoms with van der Waals surface area (Å²) in [5.74, 6) is 0.458. The van der Waals surface area contributed by atoms with Crippen LogP contribution in [0.2, 0.25) is 0 Å². The number of nitrogens with one attached hydrogen (secondary N) is 2. The van der Waals surface area contributed by atoms with Crippen LogP contribution in [0.3, 0.4) is 0 Å². The first-order valence-electron chi connectivity index (χ1n) is 8.72. The Labute approximate surface area is 163 Å². The van der Waals surface area contributed by atoms with Gasteiger partial charge < -0.3 is 14.5 Å². The fraction of sp³-hybridized carbons (Fsp3) is 0.250. The zero-order chi connectivity index (χ0) is 20.5. The van der Waals surface area contributed by atoms with E-state index in [1.807, 2.05) is 6.07 Å². The smallest absolute Gasteiger partial charge is 0.291 e. The first kappa shape index (κ1) is 19.9. The molecule has 8 heteroatoms. The van der Waals surface area contributed by atoms with E-state index >= 15 is 0 Å². The van der Waals surface area contributed by atoms with Crippen molar-refractivity contribution < 1.29 is 22.4 Å². The molecule has 1 amide bonds. The highest BCUT2D eigenvalue weighted by Gasteiger charge is 2.19. The quantitative estimate of drug-likeness (QED) is 0.655. The van der Waals surface area contributed by atoms with Crippen LogP contribution in [-0.2, 0) is 10.0 Å². The normalized spacial score (nSPS) is 11.8. The van der Waals surface area contributed by atoms with Gasteiger partial charge in [0.25, 0.3) is 5.91 Å². The number of rotatable bonds is 6. The second kappa shape index (κ2) is 7.65. The third kappa shape index (κ3) is 4.02. The van der Waals surface area contributed by atoms with Crippen molar-refractivity contribution in [3.05, 3.63) is 53.8 Å². The van der Waals surface area contributed by atoms with Crippen molar-refractivity contribution >= 4 is 32.6 Å². The van der Waals surface area contributed by atoms with Gasteiger partial charge in [0.2, 0.25) is 10.0 Å². The second-order valence-corrected chi connectivity index (χ2v) is 8.39. The molecule has 1 heterocycles. The largest absolute Gasteiger partial charge is 0.497 e. The Balaban J connectivity index is 1.82. The minimum Gasteiger partial charge on any atom is -0.497 e. The molecular weight excluding hydrogens is 380 g/mol. The van der Waals surface area contributed by atoms with Crippen LogP contribution >= 0.6 is 0 Å². The van der Waals surface area contributed by atoms with Gasteiger partial charge in [0.05, 0.1) is 12.0 Å². The van der Waals surface area contributed by atoms with E-state index in [4.69, 9.17) is 9.15 Å². The van der Waals surface area contributed by atoms with E-state index in [2.05, 4.69) is 10.0 Å². The summed E-state index contributed by atoms with van der Waals surface area (Å²) >= 11 is 0. The molecule has 0 saturated carbocycles. The Morgan fingerprint density at radius 2 is 1.79 bits per heavy atom. The maximum absolute atomic E-state index is 12.6. The summed E-state index contributed by atoms with van der Waals surface area (Å²) in [4.78, 5) is 12.8. The lowest BCUT2D eigenvalue weighted by Crippen LogP contribution is -2.30. The van der Waals surface area contributed by atoms with Crippen LogP contribution in [0.5, 0.6) is 5.75 Å². The number of fused-ring (bicyclic) bond motifs is 1. The number of aryl methyl sites for hydroxylation is 1. The highest BCUT2D eigenvalue weighted by Crippen LogP contribution is 2.29. The van der Waals surface area contributed by atoms with Crippen molar-refractivity contribution in [1.82, 2.24) is 4.72 Å². The van der Waals surface area contributed by atoms with Crippen molar-refractivity contribution in [3.8, 4) is 5.75 Å². The zero-order valence-corrected chi connectivity index (χ0v) is 16.9. The zero-order valence-electron chi connectivity index (χ0n) is 16.1. The molecular formula is C20H22N2O5S. The lowest BCUT2D eigenvalue weighted by Gasteiger charge is -2.10. The number of methoxy groups -OCH3 is 1. The third-order valence-electron chi connectivity index (χ3n) is 4.16. The summed E-state index contributed by atoms with van der Waals surface area (Å²) in [6.45, 7) is 5.29. The van der Waals surface area contributed by atoms with Crippen molar-refractivity contribution in [2.75, 3.05) is 12.4 Å². The molecule has 0 radical (unpaired) electrons. The summed E-state index contributed by atoms with van der Waals surface area (Å²) in [5.41, 5.74) is 1.75. The molecule has 28 heavy (non-hydrogen) atoms. The number of furan rings is 1. The fourth-order valence-corrected chi connectivity index (χ4v) is 4.08. The molecule has 0 aliphatic rings. The first-order valence-corrected chi connectivity index (χ1v) is 10.2. The molecule has 0 aliphatic carbocycles. The second-order valence-electron chi connectivity index (χ2n) is 6.67. The van der Waals surface area contributed by atoms with Crippen LogP contribution in [-0.4, -0.2) is 27.5 Å². The molecule has 0 unspecified atom stereocenters. The number of ether oxygens (including phenoxy) is 1. The van der Waals surface area contributed by atoms with Crippen molar-refractivity contribution in [1.29, 1.82) is 0 Å². The molecule has 0 saturated heterocycles. The highest BCUT2D eigenvalue weighted by atomic mass is 32.2. The number of amides is 1. The van der Waals surface area contributed by atoms with Gasteiger partial charge in [-0.25, -0.2) is 13.1 Å². The molecule has 3 rings (SSSR count). The predicted molar refractivity (Wildman–Crippen MR) is 107 cm³/mol. The van der Waals surface area contributed by atoms with Gasteiger partial charge in [-0.05, 0) is 63.2 Å². The Kier molecular flexibility index (Phi) is 5.44. The van der Waals surface area contributed by atoms with Gasteiger partial charge >= 0.3 is 0 Å². The van der Waals surface area contributed by atoms with E-state index in [0.717, 1.165) is 5.39 Å². The van der Waals surface area contributed by atoms with Gasteiger partial charge in [-0.2, -0.15) is 0 Å². The standard InChI is InChI=1S/C20H22N2O5S/c1-12(2)22-28(24,25)16-8-5-14(6-9-16)21-20(23)19-13(3)17-11-15(26-4)7-10-18(17)27-19/h5-12,22H,1-4H3,(H,21,23). The Hall–Kier alpha value is -2.84. The minimum absolute atomic E-state index is 0.131. The molecule has 0 atom stereocenters. The fourth-order valence-electron chi connectivity index (χ4n) is 2.83. The van der Waals surface area contributed by atoms with Gasteiger partial charge in [0.1, 0.15) is 11.3 Å². The summed E-state index contributed by atoms with van der Waals surface area (Å²) in [6, 6.07) is 11.1. The third-order valence-corrected chi connectivity index (χ3v) is 5.84. The summed E-state index contributed by atoms with van der Waals surface area (Å²) in [7, 11) is -2.01. The van der Waals surface area contributed by atoms with E-state index in [9.17, 15) is 13.2 Å². The van der Waals surface area contributed by atoms with Crippen molar-refractivity contribution in [2.24, 2.45) is 0 Å². The number of carbonyl (C=O) groups is 1. The average Bonchev–Trinajstić information content (AvgIpc) is 2.97. The molecule has 0 spiro atoms. The molecule has 0 aliphatic heterocycles. The number of carbonyl (C=O) groups excluding carboxylic acids is 1. The van der Waals surface area contributed by atoms with Gasteiger partial charge in [-0.15, -0.1) is 0 Å². The van der Waals surface area contributed by atoms with Crippen LogP contribution in [0.25, 0.3) is 11.0 Å². The van der Waals surface area contributed by atoms with Gasteiger partial charge in [-0.1, -0.05) is 0 Å². The Bertz CT molecular complexity index is 1120. The first-order chi connectivity index (χ1) is 13.2. The van der Waals surface area contributed by atoms with Gasteiger partial charge in [0.15, 0.2) is 5.76 Å². The molecule has 0 fully saturated rings. The maximum atomic E-state index is 12.6. The van der Waals surface area contributed by atoms with E-state index in [0.29, 0.717) is 22.6 Å². The van der Waals surface area contributed by atoms with Crippen molar-refractivity contribution in [3.63, 3.8) is 0 Å². The van der Waals surface area contributed by atoms with Gasteiger partial charge in [0, 0.05) is 22.7 Å². The molecule has 0 bridgehead atoms. The summed E-state index contributed by atoms with van der Waals surface area (Å²) in [5, 5.41) is 3.53. The van der Waals surface area contributed by atoms with Crippen LogP contribution in [0.4, 0.5) is 5.69 Å². The molecule has 7 nitrogen and oxygen atoms in total. The monoisotopic (exact) mass is 402 g/mol. The van der Waals surface area contributed by atoms with Crippen molar-refractivity contribution in [2.45, 2.75) is 31.7 Å². The average molecular weight is 402 g/mol. The van der Waals surface area contributed by atoms with Crippen LogP contribution in [0.1, 0.15) is 30.0 Å². The highest BCUT2D eigenvalue weighted by molar-refractivity contribution is 7.89. The number of hydrogen-bond donors (Lipinski definition) is 2. The summed E-state index contributed by atoms with van der Waals surface area (Å²) < 4.78 is 37.7. The maximum Gasteiger partial charge on any atom is 0.291 e. The molecule has 148 valence electrons. The van der Waals surface area contributed by atoms with Gasteiger partial charge in [-0.3, -0.25) is 4.79 Å². The van der Waals surface area contributed by atoms with Crippen LogP contribution < -0.4 is 14.8 Å². The number of anilines is 1. The molecule has 2 N–H and O–H groups in total. The molecule has 1 aromatic heterocycles. The minimum atomic E-state index is -3.58. The number of benzene rings is 2. The van der Waals surface area contributed by atoms with E-state index in [-0.39, 0.29) is 16.7 Å². The van der Waals surface area contributed by atoms with E-state index in [1.54, 1.807) is 40.0 Å².